The number of ether oxygens (including phenoxy) is 1. The van der Waals surface area contributed by atoms with Gasteiger partial charge in [0.2, 0.25) is 15.9 Å². The van der Waals surface area contributed by atoms with Gasteiger partial charge in [-0.15, -0.1) is 0 Å². The summed E-state index contributed by atoms with van der Waals surface area (Å²) in [6, 6.07) is 13.0. The Bertz CT molecular complexity index is 1320. The molecule has 2 aliphatic rings. The van der Waals surface area contributed by atoms with Gasteiger partial charge in [-0.25, -0.2) is 8.42 Å². The number of sulfonamides is 1. The molecule has 0 bridgehead atoms. The summed E-state index contributed by atoms with van der Waals surface area (Å²) in [5, 5.41) is 5.28. The molecule has 3 aromatic rings. The van der Waals surface area contributed by atoms with Gasteiger partial charge >= 0.3 is 0 Å². The lowest BCUT2D eigenvalue weighted by atomic mass is 9.90. The molecular formula is C25H26ClN3O4S. The molecule has 1 amide bonds. The Hall–Kier alpha value is -2.52. The minimum atomic E-state index is -3.56. The molecule has 0 radical (unpaired) electrons. The van der Waals surface area contributed by atoms with Crippen molar-refractivity contribution in [3.05, 3.63) is 71.0 Å². The van der Waals surface area contributed by atoms with Crippen LogP contribution in [0.5, 0.6) is 0 Å². The number of hydrogen-bond donors (Lipinski definition) is 1. The van der Waals surface area contributed by atoms with Crippen LogP contribution in [-0.2, 0) is 26.1 Å². The molecule has 0 spiro atoms. The van der Waals surface area contributed by atoms with Gasteiger partial charge in [-0.3, -0.25) is 9.78 Å². The van der Waals surface area contributed by atoms with Crippen LogP contribution in [0.2, 0.25) is 5.02 Å². The number of benzene rings is 2. The van der Waals surface area contributed by atoms with E-state index in [1.54, 1.807) is 24.5 Å². The van der Waals surface area contributed by atoms with Crippen LogP contribution in [0.15, 0.2) is 54.9 Å². The van der Waals surface area contributed by atoms with Gasteiger partial charge in [0.1, 0.15) is 0 Å². The van der Waals surface area contributed by atoms with Crippen molar-refractivity contribution in [2.24, 2.45) is 5.92 Å². The minimum Gasteiger partial charge on any atom is -0.381 e. The molecule has 0 unspecified atom stereocenters. The van der Waals surface area contributed by atoms with Gasteiger partial charge in [0, 0.05) is 48.3 Å². The second kappa shape index (κ2) is 9.62. The van der Waals surface area contributed by atoms with Crippen molar-refractivity contribution in [1.82, 2.24) is 9.29 Å². The fourth-order valence-corrected chi connectivity index (χ4v) is 6.81. The molecule has 0 aliphatic carbocycles. The maximum atomic E-state index is 13.5. The summed E-state index contributed by atoms with van der Waals surface area (Å²) in [6.45, 7) is 1.48. The summed E-state index contributed by atoms with van der Waals surface area (Å²) in [5.41, 5.74) is 2.15. The molecule has 178 valence electrons. The summed E-state index contributed by atoms with van der Waals surface area (Å²) >= 11 is 6.25. The Morgan fingerprint density at radius 1 is 1.15 bits per heavy atom. The number of carbonyl (C=O) groups excluding carboxylic acids is 1. The van der Waals surface area contributed by atoms with Crippen molar-refractivity contribution in [2.45, 2.75) is 25.3 Å². The smallest absolute Gasteiger partial charge is 0.233 e. The van der Waals surface area contributed by atoms with Crippen LogP contribution < -0.4 is 5.32 Å². The van der Waals surface area contributed by atoms with Crippen LogP contribution in [0.3, 0.4) is 0 Å². The number of hydrogen-bond acceptors (Lipinski definition) is 5. The molecule has 2 aromatic carbocycles. The average molecular weight is 500 g/mol. The van der Waals surface area contributed by atoms with Crippen molar-refractivity contribution in [3.8, 4) is 0 Å². The Morgan fingerprint density at radius 3 is 2.76 bits per heavy atom. The van der Waals surface area contributed by atoms with E-state index in [-0.39, 0.29) is 30.7 Å². The van der Waals surface area contributed by atoms with Gasteiger partial charge < -0.3 is 10.1 Å². The van der Waals surface area contributed by atoms with E-state index < -0.39 is 15.9 Å². The van der Waals surface area contributed by atoms with Crippen LogP contribution in [0.1, 0.15) is 29.9 Å². The highest BCUT2D eigenvalue weighted by Crippen LogP contribution is 2.34. The number of halogens is 1. The molecular weight excluding hydrogens is 474 g/mol. The van der Waals surface area contributed by atoms with Gasteiger partial charge in [0.15, 0.2) is 0 Å². The summed E-state index contributed by atoms with van der Waals surface area (Å²) in [4.78, 5) is 17.8. The van der Waals surface area contributed by atoms with E-state index in [4.69, 9.17) is 16.3 Å². The topological polar surface area (TPSA) is 88.6 Å². The number of fused-ring (bicyclic) bond motifs is 2. The van der Waals surface area contributed by atoms with Gasteiger partial charge in [-0.2, -0.15) is 4.31 Å². The third-order valence-corrected chi connectivity index (χ3v) is 8.83. The highest BCUT2D eigenvalue weighted by Gasteiger charge is 2.37. The lowest BCUT2D eigenvalue weighted by Crippen LogP contribution is -2.44. The van der Waals surface area contributed by atoms with E-state index in [9.17, 15) is 13.2 Å². The van der Waals surface area contributed by atoms with Gasteiger partial charge in [-0.05, 0) is 42.0 Å². The summed E-state index contributed by atoms with van der Waals surface area (Å²) in [5.74, 6) is -0.834. The first kappa shape index (κ1) is 23.2. The Labute approximate surface area is 204 Å². The zero-order valence-corrected chi connectivity index (χ0v) is 20.2. The zero-order chi connectivity index (χ0) is 23.7. The predicted molar refractivity (Wildman–Crippen MR) is 132 cm³/mol. The summed E-state index contributed by atoms with van der Waals surface area (Å²) in [6.07, 6.45) is 4.82. The van der Waals surface area contributed by atoms with Crippen molar-refractivity contribution < 1.29 is 17.9 Å². The van der Waals surface area contributed by atoms with Crippen LogP contribution in [-0.4, -0.2) is 49.1 Å². The number of nitrogens with one attached hydrogen (secondary N) is 1. The second-order valence-electron chi connectivity index (χ2n) is 8.92. The van der Waals surface area contributed by atoms with Crippen molar-refractivity contribution >= 4 is 44.0 Å². The molecule has 1 saturated heterocycles. The number of aromatic nitrogens is 1. The first-order valence-corrected chi connectivity index (χ1v) is 13.4. The van der Waals surface area contributed by atoms with Crippen LogP contribution in [0.4, 0.5) is 5.69 Å². The molecule has 1 atom stereocenters. The fraction of sp³-hybridized carbons (Fsp3) is 0.360. The van der Waals surface area contributed by atoms with Crippen LogP contribution >= 0.6 is 11.6 Å². The maximum absolute atomic E-state index is 13.5. The predicted octanol–water partition coefficient (Wildman–Crippen LogP) is 4.18. The van der Waals surface area contributed by atoms with Gasteiger partial charge in [0.05, 0.1) is 23.6 Å². The number of rotatable bonds is 5. The quantitative estimate of drug-likeness (QED) is 0.569. The summed E-state index contributed by atoms with van der Waals surface area (Å²) in [7, 11) is -3.56. The molecule has 2 aliphatic heterocycles. The van der Waals surface area contributed by atoms with Crippen molar-refractivity contribution in [1.29, 1.82) is 0 Å². The third kappa shape index (κ3) is 4.81. The van der Waals surface area contributed by atoms with E-state index in [1.807, 2.05) is 30.3 Å². The van der Waals surface area contributed by atoms with Crippen molar-refractivity contribution in [3.63, 3.8) is 0 Å². The van der Waals surface area contributed by atoms with Crippen LogP contribution in [0, 0.1) is 5.92 Å². The first-order valence-electron chi connectivity index (χ1n) is 11.4. The molecule has 1 fully saturated rings. The highest BCUT2D eigenvalue weighted by molar-refractivity contribution is 7.89. The second-order valence-corrected chi connectivity index (χ2v) is 11.4. The fourth-order valence-electron chi connectivity index (χ4n) is 4.78. The highest BCUT2D eigenvalue weighted by atomic mass is 35.5. The molecule has 9 heteroatoms. The zero-order valence-electron chi connectivity index (χ0n) is 18.6. The molecule has 1 aromatic heterocycles. The standard InChI is InChI=1S/C25H26ClN3O4S/c26-20-6-5-19-14-29(34(31,32)16-17-7-9-33-10-8-17)15-23(22(19)11-20)25(30)28-24-13-27-12-18-3-1-2-4-21(18)24/h1-6,11-13,17,23H,7-10,14-16H2,(H,28,30)/t23-/m1/s1. The normalized spacial score (nSPS) is 19.6. The minimum absolute atomic E-state index is 0.0689. The SMILES string of the molecule is O=C(Nc1cncc2ccccc12)[C@@H]1CN(S(=O)(=O)CC2CCOCC2)Cc2ccc(Cl)cc21. The number of pyridine rings is 1. The van der Waals surface area contributed by atoms with E-state index in [1.165, 1.54) is 4.31 Å². The van der Waals surface area contributed by atoms with E-state index in [0.717, 1.165) is 34.7 Å². The summed E-state index contributed by atoms with van der Waals surface area (Å²) < 4.78 is 33.5. The Kier molecular flexibility index (Phi) is 6.57. The van der Waals surface area contributed by atoms with E-state index in [0.29, 0.717) is 23.9 Å². The Balaban J connectivity index is 1.44. The number of amides is 1. The molecule has 3 heterocycles. The first-order chi connectivity index (χ1) is 16.4. The largest absolute Gasteiger partial charge is 0.381 e. The molecule has 1 N–H and O–H groups in total. The van der Waals surface area contributed by atoms with Crippen LogP contribution in [0.25, 0.3) is 10.8 Å². The van der Waals surface area contributed by atoms with E-state index in [2.05, 4.69) is 10.3 Å². The number of nitrogens with zero attached hydrogens (tertiary/aromatic N) is 2. The monoisotopic (exact) mass is 499 g/mol. The lowest BCUT2D eigenvalue weighted by Gasteiger charge is -2.34. The van der Waals surface area contributed by atoms with Crippen molar-refractivity contribution in [2.75, 3.05) is 30.8 Å². The molecule has 5 rings (SSSR count). The number of anilines is 1. The van der Waals surface area contributed by atoms with Gasteiger partial charge in [0.25, 0.3) is 0 Å². The third-order valence-electron chi connectivity index (χ3n) is 6.64. The lowest BCUT2D eigenvalue weighted by molar-refractivity contribution is -0.118. The van der Waals surface area contributed by atoms with Gasteiger partial charge in [-0.1, -0.05) is 41.9 Å². The number of carbonyl (C=O) groups is 1. The molecule has 0 saturated carbocycles. The molecule has 7 nitrogen and oxygen atoms in total. The molecule has 34 heavy (non-hydrogen) atoms. The average Bonchev–Trinajstić information content (AvgIpc) is 2.84. The van der Waals surface area contributed by atoms with E-state index >= 15 is 0 Å². The Morgan fingerprint density at radius 2 is 1.94 bits per heavy atom. The maximum Gasteiger partial charge on any atom is 0.233 e.